The van der Waals surface area contributed by atoms with Gasteiger partial charge in [-0.2, -0.15) is 0 Å². The molecule has 23 heavy (non-hydrogen) atoms. The Labute approximate surface area is 136 Å². The minimum Gasteiger partial charge on any atom is -0.408 e. The van der Waals surface area contributed by atoms with Crippen LogP contribution < -0.4 is 11.1 Å². The molecular weight excluding hydrogens is 314 g/mol. The zero-order valence-electron chi connectivity index (χ0n) is 12.9. The summed E-state index contributed by atoms with van der Waals surface area (Å²) in [5, 5.41) is 5.80. The van der Waals surface area contributed by atoms with Crippen molar-refractivity contribution in [3.63, 3.8) is 0 Å². The van der Waals surface area contributed by atoms with E-state index in [1.54, 1.807) is 23.5 Å². The second-order valence-electron chi connectivity index (χ2n) is 5.55. The maximum Gasteiger partial charge on any atom is 0.417 e. The Bertz CT molecular complexity index is 891. The number of carbonyl (C=O) groups is 1. The van der Waals surface area contributed by atoms with Crippen molar-refractivity contribution in [2.75, 3.05) is 6.54 Å². The van der Waals surface area contributed by atoms with Crippen LogP contribution in [0.15, 0.2) is 32.8 Å². The van der Waals surface area contributed by atoms with Crippen molar-refractivity contribution in [2.24, 2.45) is 5.92 Å². The summed E-state index contributed by atoms with van der Waals surface area (Å²) in [5.41, 5.74) is 2.93. The molecule has 0 radical (unpaired) electrons. The third-order valence-electron chi connectivity index (χ3n) is 3.43. The molecule has 0 saturated carbocycles. The van der Waals surface area contributed by atoms with Crippen molar-refractivity contribution in [1.82, 2.24) is 15.3 Å². The molecule has 0 unspecified atom stereocenters. The lowest BCUT2D eigenvalue weighted by atomic mass is 10.1. The quantitative estimate of drug-likeness (QED) is 0.752. The minimum absolute atomic E-state index is 0.00964. The number of thiazole rings is 1. The van der Waals surface area contributed by atoms with E-state index in [1.807, 2.05) is 25.3 Å². The van der Waals surface area contributed by atoms with Crippen LogP contribution in [0.3, 0.4) is 0 Å². The van der Waals surface area contributed by atoms with Crippen LogP contribution in [0.25, 0.3) is 22.4 Å². The maximum atomic E-state index is 11.5. The summed E-state index contributed by atoms with van der Waals surface area (Å²) in [6.07, 6.45) is 0.699. The number of oxazole rings is 1. The van der Waals surface area contributed by atoms with E-state index in [0.717, 1.165) is 16.3 Å². The predicted octanol–water partition coefficient (Wildman–Crippen LogP) is 2.56. The number of aromatic amines is 1. The van der Waals surface area contributed by atoms with Gasteiger partial charge in [-0.1, -0.05) is 19.9 Å². The average Bonchev–Trinajstić information content (AvgIpc) is 3.11. The van der Waals surface area contributed by atoms with Gasteiger partial charge in [-0.25, -0.2) is 9.78 Å². The number of aromatic nitrogens is 2. The normalized spacial score (nSPS) is 11.3. The van der Waals surface area contributed by atoms with Gasteiger partial charge in [-0.05, 0) is 12.1 Å². The number of amides is 1. The van der Waals surface area contributed by atoms with Gasteiger partial charge in [0, 0.05) is 29.8 Å². The third kappa shape index (κ3) is 3.50. The highest BCUT2D eigenvalue weighted by atomic mass is 32.1. The molecule has 0 spiro atoms. The van der Waals surface area contributed by atoms with Gasteiger partial charge in [-0.3, -0.25) is 9.78 Å². The Morgan fingerprint density at radius 2 is 2.26 bits per heavy atom. The number of hydrogen-bond acceptors (Lipinski definition) is 5. The van der Waals surface area contributed by atoms with Crippen molar-refractivity contribution in [2.45, 2.75) is 20.3 Å². The van der Waals surface area contributed by atoms with Crippen molar-refractivity contribution in [3.8, 4) is 11.3 Å². The standard InChI is InChI=1S/C16H17N3O3S/c1-9(2)15(20)17-6-5-14-18-12(8-23-14)10-3-4-11-13(7-10)22-16(21)19-11/h3-4,7-9H,5-6H2,1-2H3,(H,17,20)(H,19,21). The van der Waals surface area contributed by atoms with Gasteiger partial charge < -0.3 is 9.73 Å². The number of rotatable bonds is 5. The number of nitrogens with zero attached hydrogens (tertiary/aromatic N) is 1. The first-order valence-corrected chi connectivity index (χ1v) is 8.26. The number of fused-ring (bicyclic) bond motifs is 1. The largest absolute Gasteiger partial charge is 0.417 e. The number of benzene rings is 1. The molecule has 0 aliphatic heterocycles. The summed E-state index contributed by atoms with van der Waals surface area (Å²) in [7, 11) is 0. The van der Waals surface area contributed by atoms with Crippen LogP contribution in [0.5, 0.6) is 0 Å². The molecular formula is C16H17N3O3S. The zero-order chi connectivity index (χ0) is 16.4. The molecule has 0 bridgehead atoms. The monoisotopic (exact) mass is 331 g/mol. The highest BCUT2D eigenvalue weighted by Gasteiger charge is 2.09. The predicted molar refractivity (Wildman–Crippen MR) is 89.5 cm³/mol. The smallest absolute Gasteiger partial charge is 0.408 e. The van der Waals surface area contributed by atoms with E-state index in [0.29, 0.717) is 24.1 Å². The fourth-order valence-electron chi connectivity index (χ4n) is 2.16. The molecule has 7 heteroatoms. The van der Waals surface area contributed by atoms with Crippen LogP contribution in [-0.4, -0.2) is 22.4 Å². The molecule has 2 aromatic heterocycles. The van der Waals surface area contributed by atoms with Crippen LogP contribution >= 0.6 is 11.3 Å². The Kier molecular flexibility index (Phi) is 4.29. The molecule has 0 saturated heterocycles. The average molecular weight is 331 g/mol. The van der Waals surface area contributed by atoms with Gasteiger partial charge in [0.1, 0.15) is 0 Å². The fraction of sp³-hybridized carbons (Fsp3) is 0.312. The molecule has 1 aromatic carbocycles. The molecule has 0 atom stereocenters. The third-order valence-corrected chi connectivity index (χ3v) is 4.34. The van der Waals surface area contributed by atoms with Crippen LogP contribution in [0.4, 0.5) is 0 Å². The lowest BCUT2D eigenvalue weighted by molar-refractivity contribution is -0.123. The van der Waals surface area contributed by atoms with E-state index in [1.165, 1.54) is 0 Å². The molecule has 0 fully saturated rings. The molecule has 6 nitrogen and oxygen atoms in total. The van der Waals surface area contributed by atoms with E-state index in [2.05, 4.69) is 15.3 Å². The minimum atomic E-state index is -0.461. The van der Waals surface area contributed by atoms with E-state index in [4.69, 9.17) is 4.42 Å². The molecule has 2 heterocycles. The number of carbonyl (C=O) groups excluding carboxylic acids is 1. The van der Waals surface area contributed by atoms with Crippen molar-refractivity contribution < 1.29 is 9.21 Å². The van der Waals surface area contributed by atoms with Gasteiger partial charge in [0.2, 0.25) is 5.91 Å². The number of nitrogens with one attached hydrogen (secondary N) is 2. The second kappa shape index (κ2) is 6.37. The number of hydrogen-bond donors (Lipinski definition) is 2. The van der Waals surface area contributed by atoms with Gasteiger partial charge in [0.05, 0.1) is 16.2 Å². The topological polar surface area (TPSA) is 88.0 Å². The summed E-state index contributed by atoms with van der Waals surface area (Å²) in [6.45, 7) is 4.31. The Morgan fingerprint density at radius 3 is 3.04 bits per heavy atom. The SMILES string of the molecule is CC(C)C(=O)NCCc1nc(-c2ccc3[nH]c(=O)oc3c2)cs1. The summed E-state index contributed by atoms with van der Waals surface area (Å²) in [6, 6.07) is 5.50. The highest BCUT2D eigenvalue weighted by molar-refractivity contribution is 7.09. The summed E-state index contributed by atoms with van der Waals surface area (Å²) in [4.78, 5) is 29.9. The van der Waals surface area contributed by atoms with Crippen LogP contribution in [0.2, 0.25) is 0 Å². The fourth-order valence-corrected chi connectivity index (χ4v) is 2.97. The van der Waals surface area contributed by atoms with Crippen LogP contribution in [-0.2, 0) is 11.2 Å². The Hall–Kier alpha value is -2.41. The molecule has 0 aliphatic carbocycles. The maximum absolute atomic E-state index is 11.5. The van der Waals surface area contributed by atoms with Gasteiger partial charge >= 0.3 is 5.76 Å². The second-order valence-corrected chi connectivity index (χ2v) is 6.49. The van der Waals surface area contributed by atoms with Crippen LogP contribution in [0, 0.1) is 5.92 Å². The van der Waals surface area contributed by atoms with Gasteiger partial charge in [0.15, 0.2) is 5.58 Å². The first-order valence-electron chi connectivity index (χ1n) is 7.38. The summed E-state index contributed by atoms with van der Waals surface area (Å²) < 4.78 is 5.07. The van der Waals surface area contributed by atoms with E-state index in [-0.39, 0.29) is 11.8 Å². The summed E-state index contributed by atoms with van der Waals surface area (Å²) in [5.74, 6) is -0.420. The molecule has 2 N–H and O–H groups in total. The lowest BCUT2D eigenvalue weighted by Gasteiger charge is -2.05. The van der Waals surface area contributed by atoms with Crippen molar-refractivity contribution in [3.05, 3.63) is 39.1 Å². The Morgan fingerprint density at radius 1 is 1.43 bits per heavy atom. The molecule has 3 aromatic rings. The Balaban J connectivity index is 1.70. The number of H-pyrrole nitrogens is 1. The van der Waals surface area contributed by atoms with Crippen LogP contribution in [0.1, 0.15) is 18.9 Å². The molecule has 1 amide bonds. The zero-order valence-corrected chi connectivity index (χ0v) is 13.7. The molecule has 0 aliphatic rings. The van der Waals surface area contributed by atoms with Crippen molar-refractivity contribution >= 4 is 28.3 Å². The lowest BCUT2D eigenvalue weighted by Crippen LogP contribution is -2.29. The van der Waals surface area contributed by atoms with E-state index < -0.39 is 5.76 Å². The van der Waals surface area contributed by atoms with Crippen molar-refractivity contribution in [1.29, 1.82) is 0 Å². The first-order chi connectivity index (χ1) is 11.0. The molecule has 120 valence electrons. The molecule has 3 rings (SSSR count). The van der Waals surface area contributed by atoms with E-state index in [9.17, 15) is 9.59 Å². The summed E-state index contributed by atoms with van der Waals surface area (Å²) >= 11 is 1.55. The van der Waals surface area contributed by atoms with E-state index >= 15 is 0 Å². The van der Waals surface area contributed by atoms with Gasteiger partial charge in [0.25, 0.3) is 0 Å². The first kappa shape index (κ1) is 15.5. The highest BCUT2D eigenvalue weighted by Crippen LogP contribution is 2.25. The van der Waals surface area contributed by atoms with Gasteiger partial charge in [-0.15, -0.1) is 11.3 Å².